The summed E-state index contributed by atoms with van der Waals surface area (Å²) in [6.45, 7) is 5.98. The fraction of sp³-hybridized carbons (Fsp3) is 0.857. The van der Waals surface area contributed by atoms with Crippen molar-refractivity contribution in [3.8, 4) is 0 Å². The molecule has 0 aromatic heterocycles. The van der Waals surface area contributed by atoms with Gasteiger partial charge in [-0.3, -0.25) is 9.59 Å². The number of nitrogens with zero attached hydrogens (tertiary/aromatic N) is 2. The van der Waals surface area contributed by atoms with Crippen LogP contribution in [-0.2, 0) is 14.3 Å². The number of carboxylic acid groups (broad SMARTS) is 1. The summed E-state index contributed by atoms with van der Waals surface area (Å²) in [7, 11) is 0. The molecule has 0 radical (unpaired) electrons. The predicted molar refractivity (Wildman–Crippen MR) is 73.4 cm³/mol. The highest BCUT2D eigenvalue weighted by Crippen LogP contribution is 2.16. The molecule has 0 aliphatic carbocycles. The van der Waals surface area contributed by atoms with Gasteiger partial charge in [0.1, 0.15) is 6.10 Å². The quantitative estimate of drug-likeness (QED) is 0.810. The van der Waals surface area contributed by atoms with E-state index in [-0.39, 0.29) is 17.9 Å². The number of amides is 1. The molecule has 2 aliphatic rings. The molecule has 2 heterocycles. The minimum Gasteiger partial charge on any atom is -0.481 e. The van der Waals surface area contributed by atoms with Crippen LogP contribution in [0.1, 0.15) is 26.2 Å². The monoisotopic (exact) mass is 284 g/mol. The number of aliphatic carboxylic acids is 1. The lowest BCUT2D eigenvalue weighted by molar-refractivity contribution is -0.142. The maximum absolute atomic E-state index is 12.3. The van der Waals surface area contributed by atoms with E-state index in [2.05, 4.69) is 4.90 Å². The summed E-state index contributed by atoms with van der Waals surface area (Å²) in [5, 5.41) is 8.96. The number of carbonyl (C=O) groups is 2. The third-order valence-corrected chi connectivity index (χ3v) is 4.06. The van der Waals surface area contributed by atoms with E-state index < -0.39 is 5.97 Å². The summed E-state index contributed by atoms with van der Waals surface area (Å²) >= 11 is 0. The van der Waals surface area contributed by atoms with Crippen LogP contribution in [-0.4, -0.2) is 72.2 Å². The fourth-order valence-corrected chi connectivity index (χ4v) is 2.82. The van der Waals surface area contributed by atoms with Gasteiger partial charge in [0.05, 0.1) is 5.92 Å². The third kappa shape index (κ3) is 3.93. The van der Waals surface area contributed by atoms with Gasteiger partial charge < -0.3 is 19.6 Å². The van der Waals surface area contributed by atoms with Crippen molar-refractivity contribution in [2.75, 3.05) is 39.3 Å². The van der Waals surface area contributed by atoms with Crippen molar-refractivity contribution >= 4 is 11.9 Å². The minimum absolute atomic E-state index is 0.107. The second-order valence-electron chi connectivity index (χ2n) is 5.72. The molecule has 0 bridgehead atoms. The molecular formula is C14H24N2O4. The molecule has 0 aromatic rings. The van der Waals surface area contributed by atoms with E-state index in [4.69, 9.17) is 9.84 Å². The van der Waals surface area contributed by atoms with Crippen molar-refractivity contribution in [3.63, 3.8) is 0 Å². The van der Waals surface area contributed by atoms with Crippen molar-refractivity contribution in [2.24, 2.45) is 5.92 Å². The van der Waals surface area contributed by atoms with Crippen LogP contribution in [0.5, 0.6) is 0 Å². The first-order valence-corrected chi connectivity index (χ1v) is 7.43. The van der Waals surface area contributed by atoms with Gasteiger partial charge in [0, 0.05) is 32.8 Å². The van der Waals surface area contributed by atoms with Gasteiger partial charge in [-0.25, -0.2) is 0 Å². The summed E-state index contributed by atoms with van der Waals surface area (Å²) in [5.74, 6) is -1.02. The molecule has 0 spiro atoms. The van der Waals surface area contributed by atoms with E-state index in [1.807, 2.05) is 4.90 Å². The van der Waals surface area contributed by atoms with E-state index >= 15 is 0 Å². The van der Waals surface area contributed by atoms with Crippen molar-refractivity contribution in [1.82, 2.24) is 9.80 Å². The maximum atomic E-state index is 12.3. The molecule has 2 rings (SSSR count). The van der Waals surface area contributed by atoms with Crippen LogP contribution in [0.15, 0.2) is 0 Å². The largest absolute Gasteiger partial charge is 0.481 e. The minimum atomic E-state index is -0.762. The molecule has 0 aromatic carbocycles. The molecule has 1 N–H and O–H groups in total. The van der Waals surface area contributed by atoms with Gasteiger partial charge in [-0.2, -0.15) is 0 Å². The molecule has 6 heteroatoms. The molecule has 114 valence electrons. The summed E-state index contributed by atoms with van der Waals surface area (Å²) in [6, 6.07) is 0. The Morgan fingerprint density at radius 3 is 2.70 bits per heavy atom. The Balaban J connectivity index is 1.82. The molecule has 6 nitrogen and oxygen atoms in total. The zero-order chi connectivity index (χ0) is 14.5. The maximum Gasteiger partial charge on any atom is 0.307 e. The first-order chi connectivity index (χ1) is 9.58. The molecular weight excluding hydrogens is 260 g/mol. The molecule has 2 atom stereocenters. The molecule has 20 heavy (non-hydrogen) atoms. The average molecular weight is 284 g/mol. The lowest BCUT2D eigenvalue weighted by atomic mass is 10.1. The van der Waals surface area contributed by atoms with E-state index in [1.165, 1.54) is 0 Å². The third-order valence-electron chi connectivity index (χ3n) is 4.06. The summed E-state index contributed by atoms with van der Waals surface area (Å²) in [6.07, 6.45) is 2.44. The number of carbonyl (C=O) groups excluding carboxylic acids is 1. The van der Waals surface area contributed by atoms with Gasteiger partial charge in [0.15, 0.2) is 0 Å². The Morgan fingerprint density at radius 1 is 1.25 bits per heavy atom. The van der Waals surface area contributed by atoms with Crippen LogP contribution in [0.2, 0.25) is 0 Å². The average Bonchev–Trinajstić information content (AvgIpc) is 2.85. The highest BCUT2D eigenvalue weighted by atomic mass is 16.5. The Kier molecular flexibility index (Phi) is 5.37. The van der Waals surface area contributed by atoms with Crippen molar-refractivity contribution in [3.05, 3.63) is 0 Å². The summed E-state index contributed by atoms with van der Waals surface area (Å²) in [5.41, 5.74) is 0. The normalized spacial score (nSPS) is 26.2. The number of hydrogen-bond donors (Lipinski definition) is 1. The standard InChI is InChI=1S/C14H24N2O4/c1-11(14(18)19)10-15-5-3-6-16(8-7-15)13(17)12-4-2-9-20-12/h11-12H,2-10H2,1H3,(H,18,19). The van der Waals surface area contributed by atoms with Crippen LogP contribution in [0.25, 0.3) is 0 Å². The van der Waals surface area contributed by atoms with Crippen LogP contribution < -0.4 is 0 Å². The Labute approximate surface area is 119 Å². The van der Waals surface area contributed by atoms with E-state index in [0.717, 1.165) is 38.9 Å². The lowest BCUT2D eigenvalue weighted by Crippen LogP contribution is -2.41. The Morgan fingerprint density at radius 2 is 2.05 bits per heavy atom. The van der Waals surface area contributed by atoms with Crippen LogP contribution >= 0.6 is 0 Å². The zero-order valence-electron chi connectivity index (χ0n) is 12.1. The van der Waals surface area contributed by atoms with Gasteiger partial charge in [-0.15, -0.1) is 0 Å². The number of carboxylic acids is 1. The van der Waals surface area contributed by atoms with E-state index in [1.54, 1.807) is 6.92 Å². The van der Waals surface area contributed by atoms with Crippen LogP contribution in [0.3, 0.4) is 0 Å². The molecule has 2 unspecified atom stereocenters. The topological polar surface area (TPSA) is 70.1 Å². The molecule has 2 aliphatic heterocycles. The Hall–Kier alpha value is -1.14. The SMILES string of the molecule is CC(CN1CCCN(C(=O)C2CCCO2)CC1)C(=O)O. The predicted octanol–water partition coefficient (Wildman–Crippen LogP) is 0.420. The first-order valence-electron chi connectivity index (χ1n) is 7.43. The molecule has 2 fully saturated rings. The van der Waals surface area contributed by atoms with Gasteiger partial charge in [0.25, 0.3) is 5.91 Å². The summed E-state index contributed by atoms with van der Waals surface area (Å²) in [4.78, 5) is 27.2. The summed E-state index contributed by atoms with van der Waals surface area (Å²) < 4.78 is 5.45. The number of hydrogen-bond acceptors (Lipinski definition) is 4. The molecule has 1 amide bonds. The number of ether oxygens (including phenoxy) is 1. The van der Waals surface area contributed by atoms with E-state index in [0.29, 0.717) is 19.7 Å². The molecule has 0 saturated carbocycles. The second-order valence-corrected chi connectivity index (χ2v) is 5.72. The fourth-order valence-electron chi connectivity index (χ4n) is 2.82. The lowest BCUT2D eigenvalue weighted by Gasteiger charge is -2.24. The van der Waals surface area contributed by atoms with Crippen molar-refractivity contribution in [2.45, 2.75) is 32.3 Å². The van der Waals surface area contributed by atoms with Gasteiger partial charge in [-0.05, 0) is 25.8 Å². The highest BCUT2D eigenvalue weighted by Gasteiger charge is 2.29. The van der Waals surface area contributed by atoms with Gasteiger partial charge >= 0.3 is 5.97 Å². The Bertz CT molecular complexity index is 355. The number of rotatable bonds is 4. The van der Waals surface area contributed by atoms with Gasteiger partial charge in [-0.1, -0.05) is 6.92 Å². The van der Waals surface area contributed by atoms with Crippen molar-refractivity contribution < 1.29 is 19.4 Å². The van der Waals surface area contributed by atoms with Gasteiger partial charge in [0.2, 0.25) is 0 Å². The zero-order valence-corrected chi connectivity index (χ0v) is 12.1. The second kappa shape index (κ2) is 7.04. The molecule has 2 saturated heterocycles. The highest BCUT2D eigenvalue weighted by molar-refractivity contribution is 5.81. The van der Waals surface area contributed by atoms with Crippen LogP contribution in [0.4, 0.5) is 0 Å². The first kappa shape index (κ1) is 15.3. The van der Waals surface area contributed by atoms with Crippen molar-refractivity contribution in [1.29, 1.82) is 0 Å². The van der Waals surface area contributed by atoms with E-state index in [9.17, 15) is 9.59 Å². The van der Waals surface area contributed by atoms with Crippen LogP contribution in [0, 0.1) is 5.92 Å². The smallest absolute Gasteiger partial charge is 0.307 e.